The Hall–Kier alpha value is -1.93. The second-order valence-electron chi connectivity index (χ2n) is 6.02. The highest BCUT2D eigenvalue weighted by Crippen LogP contribution is 2.19. The van der Waals surface area contributed by atoms with Gasteiger partial charge >= 0.3 is 0 Å². The molecule has 0 spiro atoms. The number of sulfonamides is 1. The second kappa shape index (κ2) is 7.10. The third kappa shape index (κ3) is 5.33. The molecule has 0 amide bonds. The first-order valence-corrected chi connectivity index (χ1v) is 9.34. The van der Waals surface area contributed by atoms with Gasteiger partial charge in [-0.2, -0.15) is 0 Å². The fourth-order valence-electron chi connectivity index (χ4n) is 1.97. The Morgan fingerprint density at radius 3 is 2.70 bits per heavy atom. The van der Waals surface area contributed by atoms with Crippen molar-refractivity contribution in [2.45, 2.75) is 27.3 Å². The molecule has 1 aromatic heterocycles. The van der Waals surface area contributed by atoms with Crippen LogP contribution in [0.15, 0.2) is 24.4 Å². The minimum Gasteiger partial charge on any atom is -0.385 e. The second-order valence-corrected chi connectivity index (χ2v) is 7.85. The van der Waals surface area contributed by atoms with Gasteiger partial charge in [0.2, 0.25) is 10.0 Å². The predicted octanol–water partition coefficient (Wildman–Crippen LogP) is 1.69. The minimum atomic E-state index is -3.24. The molecule has 0 radical (unpaired) electrons. The van der Waals surface area contributed by atoms with Gasteiger partial charge in [-0.1, -0.05) is 25.1 Å². The van der Waals surface area contributed by atoms with Crippen LogP contribution >= 0.6 is 0 Å². The lowest BCUT2D eigenvalue weighted by Gasteiger charge is -2.13. The molecule has 7 nitrogen and oxygen atoms in total. The van der Waals surface area contributed by atoms with Crippen molar-refractivity contribution in [2.24, 2.45) is 5.92 Å². The summed E-state index contributed by atoms with van der Waals surface area (Å²) in [5, 5.41) is 11.5. The van der Waals surface area contributed by atoms with Crippen molar-refractivity contribution in [3.8, 4) is 5.69 Å². The van der Waals surface area contributed by atoms with E-state index in [1.165, 1.54) is 0 Å². The summed E-state index contributed by atoms with van der Waals surface area (Å²) in [6.45, 7) is 7.39. The molecule has 0 unspecified atom stereocenters. The Labute approximate surface area is 137 Å². The number of nitrogens with one attached hydrogen (secondary N) is 2. The molecule has 8 heteroatoms. The summed E-state index contributed by atoms with van der Waals surface area (Å²) in [6.07, 6.45) is 2.83. The molecule has 1 heterocycles. The maximum atomic E-state index is 11.1. The van der Waals surface area contributed by atoms with Gasteiger partial charge in [0.1, 0.15) is 0 Å². The smallest absolute Gasteiger partial charge is 0.209 e. The van der Waals surface area contributed by atoms with Crippen LogP contribution in [0.4, 0.5) is 5.69 Å². The number of aromatic nitrogens is 3. The maximum Gasteiger partial charge on any atom is 0.209 e. The van der Waals surface area contributed by atoms with E-state index in [0.29, 0.717) is 11.6 Å². The molecule has 2 N–H and O–H groups in total. The van der Waals surface area contributed by atoms with Crippen LogP contribution in [0, 0.1) is 12.8 Å². The van der Waals surface area contributed by atoms with E-state index < -0.39 is 10.0 Å². The molecule has 2 rings (SSSR count). The zero-order chi connectivity index (χ0) is 17.0. The van der Waals surface area contributed by atoms with Crippen LogP contribution in [0.1, 0.15) is 25.1 Å². The fourth-order valence-corrected chi connectivity index (χ4v) is 2.38. The highest BCUT2D eigenvalue weighted by Gasteiger charge is 2.08. The zero-order valence-corrected chi connectivity index (χ0v) is 14.7. The fraction of sp³-hybridized carbons (Fsp3) is 0.467. The van der Waals surface area contributed by atoms with Crippen molar-refractivity contribution in [2.75, 3.05) is 18.1 Å². The first-order valence-electron chi connectivity index (χ1n) is 7.45. The van der Waals surface area contributed by atoms with E-state index in [-0.39, 0.29) is 6.54 Å². The van der Waals surface area contributed by atoms with Crippen LogP contribution in [0.3, 0.4) is 0 Å². The van der Waals surface area contributed by atoms with Gasteiger partial charge in [0, 0.05) is 12.2 Å². The molecule has 1 aromatic carbocycles. The third-order valence-electron chi connectivity index (χ3n) is 3.24. The van der Waals surface area contributed by atoms with Gasteiger partial charge < -0.3 is 5.32 Å². The number of aryl methyl sites for hydroxylation is 1. The van der Waals surface area contributed by atoms with E-state index in [1.807, 2.05) is 18.2 Å². The molecule has 23 heavy (non-hydrogen) atoms. The van der Waals surface area contributed by atoms with Crippen molar-refractivity contribution < 1.29 is 8.42 Å². The average Bonchev–Trinajstić information content (AvgIpc) is 2.92. The zero-order valence-electron chi connectivity index (χ0n) is 13.9. The normalized spacial score (nSPS) is 11.9. The van der Waals surface area contributed by atoms with E-state index in [4.69, 9.17) is 0 Å². The summed E-state index contributed by atoms with van der Waals surface area (Å²) in [5.41, 5.74) is 3.66. The molecule has 0 fully saturated rings. The third-order valence-corrected chi connectivity index (χ3v) is 3.91. The molecule has 0 saturated carbocycles. The Morgan fingerprint density at radius 2 is 2.04 bits per heavy atom. The molecule has 0 bridgehead atoms. The molecule has 0 aliphatic carbocycles. The number of hydrogen-bond acceptors (Lipinski definition) is 5. The van der Waals surface area contributed by atoms with Gasteiger partial charge in [0.05, 0.1) is 30.4 Å². The van der Waals surface area contributed by atoms with Crippen LogP contribution in [0.25, 0.3) is 5.69 Å². The minimum absolute atomic E-state index is 0.128. The Bertz CT molecular complexity index is 768. The first kappa shape index (κ1) is 17.4. The molecular weight excluding hydrogens is 314 g/mol. The van der Waals surface area contributed by atoms with Gasteiger partial charge in [-0.15, -0.1) is 5.10 Å². The summed E-state index contributed by atoms with van der Waals surface area (Å²) in [4.78, 5) is 0. The Morgan fingerprint density at radius 1 is 1.30 bits per heavy atom. The molecule has 0 saturated heterocycles. The van der Waals surface area contributed by atoms with E-state index >= 15 is 0 Å². The van der Waals surface area contributed by atoms with Crippen LogP contribution in [-0.2, 0) is 16.6 Å². The lowest BCUT2D eigenvalue weighted by Crippen LogP contribution is -2.21. The van der Waals surface area contributed by atoms with Crippen molar-refractivity contribution in [1.29, 1.82) is 0 Å². The van der Waals surface area contributed by atoms with Crippen molar-refractivity contribution in [1.82, 2.24) is 19.7 Å². The number of nitrogens with zero attached hydrogens (tertiary/aromatic N) is 3. The Balaban J connectivity index is 2.15. The highest BCUT2D eigenvalue weighted by molar-refractivity contribution is 7.88. The number of rotatable bonds is 7. The number of hydrogen-bond donors (Lipinski definition) is 2. The van der Waals surface area contributed by atoms with E-state index in [0.717, 1.165) is 29.7 Å². The standard InChI is InChI=1S/C15H23N5O2S/c1-11(2)8-16-15-7-14(6-5-12(15)3)20-10-13(18-19-20)9-17-23(4,21)22/h5-7,10-11,16-17H,8-9H2,1-4H3. The summed E-state index contributed by atoms with van der Waals surface area (Å²) < 4.78 is 26.3. The first-order chi connectivity index (χ1) is 10.7. The summed E-state index contributed by atoms with van der Waals surface area (Å²) in [7, 11) is -3.24. The summed E-state index contributed by atoms with van der Waals surface area (Å²) in [6, 6.07) is 5.99. The van der Waals surface area contributed by atoms with Gasteiger partial charge in [0.25, 0.3) is 0 Å². The van der Waals surface area contributed by atoms with Crippen LogP contribution < -0.4 is 10.0 Å². The SMILES string of the molecule is Cc1ccc(-n2cc(CNS(C)(=O)=O)nn2)cc1NCC(C)C. The predicted molar refractivity (Wildman–Crippen MR) is 91.1 cm³/mol. The molecule has 2 aromatic rings. The van der Waals surface area contributed by atoms with Gasteiger partial charge in [-0.25, -0.2) is 17.8 Å². The average molecular weight is 337 g/mol. The molecule has 0 aliphatic heterocycles. The highest BCUT2D eigenvalue weighted by atomic mass is 32.2. The Kier molecular flexibility index (Phi) is 5.38. The quantitative estimate of drug-likeness (QED) is 0.802. The maximum absolute atomic E-state index is 11.1. The van der Waals surface area contributed by atoms with Gasteiger partial charge in [0.15, 0.2) is 0 Å². The summed E-state index contributed by atoms with van der Waals surface area (Å²) in [5.74, 6) is 0.554. The van der Waals surface area contributed by atoms with E-state index in [1.54, 1.807) is 10.9 Å². The molecule has 126 valence electrons. The largest absolute Gasteiger partial charge is 0.385 e. The van der Waals surface area contributed by atoms with E-state index in [2.05, 4.69) is 41.1 Å². The molecule has 0 atom stereocenters. The van der Waals surface area contributed by atoms with Crippen molar-refractivity contribution in [3.63, 3.8) is 0 Å². The molecule has 0 aliphatic rings. The topological polar surface area (TPSA) is 88.9 Å². The van der Waals surface area contributed by atoms with Crippen LogP contribution in [0.2, 0.25) is 0 Å². The number of benzene rings is 1. The van der Waals surface area contributed by atoms with E-state index in [9.17, 15) is 8.42 Å². The molecular formula is C15H23N5O2S. The summed E-state index contributed by atoms with van der Waals surface area (Å²) >= 11 is 0. The van der Waals surface area contributed by atoms with Gasteiger partial charge in [-0.05, 0) is 30.5 Å². The van der Waals surface area contributed by atoms with Crippen molar-refractivity contribution in [3.05, 3.63) is 35.7 Å². The number of anilines is 1. The van der Waals surface area contributed by atoms with Crippen LogP contribution in [0.5, 0.6) is 0 Å². The lowest BCUT2D eigenvalue weighted by atomic mass is 10.1. The monoisotopic (exact) mass is 337 g/mol. The van der Waals surface area contributed by atoms with Crippen LogP contribution in [-0.4, -0.2) is 36.2 Å². The van der Waals surface area contributed by atoms with Crippen molar-refractivity contribution >= 4 is 15.7 Å². The van der Waals surface area contributed by atoms with Gasteiger partial charge in [-0.3, -0.25) is 0 Å². The lowest BCUT2D eigenvalue weighted by molar-refractivity contribution is 0.586.